The highest BCUT2D eigenvalue weighted by molar-refractivity contribution is 7.79. The molecule has 0 unspecified atom stereocenters. The molecule has 0 aliphatic heterocycles. The lowest BCUT2D eigenvalue weighted by atomic mass is 10.2. The topological polar surface area (TPSA) is 15.8 Å². The van der Waals surface area contributed by atoms with Gasteiger partial charge in [0.25, 0.3) is 0 Å². The largest absolute Gasteiger partial charge is 0.361 e. The molecule has 0 radical (unpaired) electrons. The van der Waals surface area contributed by atoms with Gasteiger partial charge in [0.2, 0.25) is 0 Å². The summed E-state index contributed by atoms with van der Waals surface area (Å²) >= 11 is 4.16. The van der Waals surface area contributed by atoms with Gasteiger partial charge < -0.3 is 4.98 Å². The molecule has 0 aliphatic rings. The molecule has 0 bridgehead atoms. The van der Waals surface area contributed by atoms with Crippen molar-refractivity contribution in [2.75, 3.05) is 0 Å². The lowest BCUT2D eigenvalue weighted by Crippen LogP contribution is -1.75. The van der Waals surface area contributed by atoms with Crippen LogP contribution in [0.3, 0.4) is 0 Å². The van der Waals surface area contributed by atoms with E-state index in [1.807, 2.05) is 6.20 Å². The molecule has 3 heteroatoms. The third-order valence-corrected chi connectivity index (χ3v) is 2.24. The van der Waals surface area contributed by atoms with E-state index < -0.39 is 0 Å². The summed E-state index contributed by atoms with van der Waals surface area (Å²) in [7, 11) is 0. The Morgan fingerprint density at radius 3 is 3.00 bits per heavy atom. The van der Waals surface area contributed by atoms with Crippen molar-refractivity contribution in [2.24, 2.45) is 0 Å². The average molecular weight is 181 g/mol. The van der Waals surface area contributed by atoms with Crippen molar-refractivity contribution in [3.05, 3.63) is 35.8 Å². The fourth-order valence-corrected chi connectivity index (χ4v) is 1.55. The van der Waals surface area contributed by atoms with Crippen molar-refractivity contribution in [3.63, 3.8) is 0 Å². The van der Waals surface area contributed by atoms with Crippen LogP contribution in [0.5, 0.6) is 0 Å². The van der Waals surface area contributed by atoms with Gasteiger partial charge in [-0.3, -0.25) is 0 Å². The van der Waals surface area contributed by atoms with Gasteiger partial charge in [-0.25, -0.2) is 4.39 Å². The van der Waals surface area contributed by atoms with Crippen LogP contribution in [0.1, 0.15) is 5.56 Å². The summed E-state index contributed by atoms with van der Waals surface area (Å²) in [5.74, 6) is 0.459. The highest BCUT2D eigenvalue weighted by atomic mass is 32.1. The molecule has 1 aromatic carbocycles. The average Bonchev–Trinajstić information content (AvgIpc) is 2.46. The van der Waals surface area contributed by atoms with E-state index in [0.29, 0.717) is 5.75 Å². The van der Waals surface area contributed by atoms with Crippen LogP contribution in [-0.2, 0) is 5.75 Å². The van der Waals surface area contributed by atoms with E-state index in [0.717, 1.165) is 16.5 Å². The summed E-state index contributed by atoms with van der Waals surface area (Å²) < 4.78 is 12.7. The maximum Gasteiger partial charge on any atom is 0.125 e. The van der Waals surface area contributed by atoms with Gasteiger partial charge in [0.15, 0.2) is 0 Å². The smallest absolute Gasteiger partial charge is 0.125 e. The molecule has 2 aromatic rings. The molecular weight excluding hydrogens is 173 g/mol. The van der Waals surface area contributed by atoms with Crippen LogP contribution in [0.25, 0.3) is 10.9 Å². The summed E-state index contributed by atoms with van der Waals surface area (Å²) in [6, 6.07) is 4.72. The number of rotatable bonds is 1. The van der Waals surface area contributed by atoms with Gasteiger partial charge in [-0.2, -0.15) is 12.6 Å². The first-order valence-corrected chi connectivity index (χ1v) is 4.31. The molecule has 0 fully saturated rings. The van der Waals surface area contributed by atoms with Crippen LogP contribution in [0.4, 0.5) is 4.39 Å². The van der Waals surface area contributed by atoms with Gasteiger partial charge in [-0.05, 0) is 23.8 Å². The molecule has 1 heterocycles. The Morgan fingerprint density at radius 2 is 2.25 bits per heavy atom. The Hall–Kier alpha value is -0.960. The Balaban J connectivity index is 2.73. The highest BCUT2D eigenvalue weighted by Gasteiger charge is 2.01. The van der Waals surface area contributed by atoms with E-state index in [9.17, 15) is 4.39 Å². The summed E-state index contributed by atoms with van der Waals surface area (Å²) in [4.78, 5) is 2.99. The normalized spacial score (nSPS) is 10.8. The highest BCUT2D eigenvalue weighted by Crippen LogP contribution is 2.20. The molecule has 0 atom stereocenters. The molecule has 0 saturated carbocycles. The van der Waals surface area contributed by atoms with E-state index >= 15 is 0 Å². The predicted molar refractivity (Wildman–Crippen MR) is 50.9 cm³/mol. The number of aromatic amines is 1. The first-order chi connectivity index (χ1) is 5.81. The van der Waals surface area contributed by atoms with Crippen LogP contribution in [0.2, 0.25) is 0 Å². The van der Waals surface area contributed by atoms with Crippen LogP contribution in [0, 0.1) is 5.82 Å². The van der Waals surface area contributed by atoms with Gasteiger partial charge in [-0.1, -0.05) is 0 Å². The zero-order chi connectivity index (χ0) is 8.55. The van der Waals surface area contributed by atoms with Crippen molar-refractivity contribution >= 4 is 23.5 Å². The second-order valence-electron chi connectivity index (χ2n) is 2.66. The van der Waals surface area contributed by atoms with Crippen molar-refractivity contribution in [1.82, 2.24) is 4.98 Å². The van der Waals surface area contributed by atoms with Crippen molar-refractivity contribution in [2.45, 2.75) is 5.75 Å². The lowest BCUT2D eigenvalue weighted by Gasteiger charge is -1.92. The Morgan fingerprint density at radius 1 is 1.42 bits per heavy atom. The van der Waals surface area contributed by atoms with Crippen LogP contribution < -0.4 is 0 Å². The van der Waals surface area contributed by atoms with Crippen molar-refractivity contribution in [1.29, 1.82) is 0 Å². The van der Waals surface area contributed by atoms with E-state index in [-0.39, 0.29) is 5.82 Å². The Kier molecular flexibility index (Phi) is 1.81. The molecule has 12 heavy (non-hydrogen) atoms. The number of halogens is 1. The lowest BCUT2D eigenvalue weighted by molar-refractivity contribution is 0.629. The van der Waals surface area contributed by atoms with Crippen molar-refractivity contribution in [3.8, 4) is 0 Å². The summed E-state index contributed by atoms with van der Waals surface area (Å²) in [6.07, 6.45) is 1.86. The maximum absolute atomic E-state index is 12.7. The Bertz CT molecular complexity index is 408. The number of hydrogen-bond acceptors (Lipinski definition) is 1. The Labute approximate surface area is 75.0 Å². The number of hydrogen-bond donors (Lipinski definition) is 2. The van der Waals surface area contributed by atoms with E-state index in [1.54, 1.807) is 6.07 Å². The molecule has 0 amide bonds. The quantitative estimate of drug-likeness (QED) is 0.629. The van der Waals surface area contributed by atoms with Gasteiger partial charge in [0.05, 0.1) is 0 Å². The zero-order valence-corrected chi connectivity index (χ0v) is 7.24. The maximum atomic E-state index is 12.7. The summed E-state index contributed by atoms with van der Waals surface area (Å²) in [6.45, 7) is 0. The second-order valence-corrected chi connectivity index (χ2v) is 2.98. The molecule has 62 valence electrons. The molecular formula is C9H8FNS. The number of benzene rings is 1. The van der Waals surface area contributed by atoms with Crippen LogP contribution >= 0.6 is 12.6 Å². The second kappa shape index (κ2) is 2.83. The number of H-pyrrole nitrogens is 1. The van der Waals surface area contributed by atoms with Gasteiger partial charge in [0.1, 0.15) is 5.82 Å². The molecule has 0 aliphatic carbocycles. The number of thiol groups is 1. The van der Waals surface area contributed by atoms with Gasteiger partial charge in [-0.15, -0.1) is 0 Å². The molecule has 0 spiro atoms. The van der Waals surface area contributed by atoms with Crippen LogP contribution in [0.15, 0.2) is 24.4 Å². The van der Waals surface area contributed by atoms with Crippen molar-refractivity contribution < 1.29 is 4.39 Å². The van der Waals surface area contributed by atoms with Gasteiger partial charge >= 0.3 is 0 Å². The fraction of sp³-hybridized carbons (Fsp3) is 0.111. The van der Waals surface area contributed by atoms with Gasteiger partial charge in [0, 0.05) is 22.9 Å². The fourth-order valence-electron chi connectivity index (χ4n) is 1.29. The standard InChI is InChI=1S/C9H8FNS/c10-7-1-2-8-6(5-12)4-11-9(8)3-7/h1-4,11-12H,5H2. The monoisotopic (exact) mass is 181 g/mol. The minimum absolute atomic E-state index is 0.213. The summed E-state index contributed by atoms with van der Waals surface area (Å²) in [5, 5.41) is 1.05. The molecule has 1 nitrogen and oxygen atoms in total. The first kappa shape index (κ1) is 7.68. The summed E-state index contributed by atoms with van der Waals surface area (Å²) in [5.41, 5.74) is 1.94. The zero-order valence-electron chi connectivity index (χ0n) is 6.34. The number of nitrogens with one attached hydrogen (secondary N) is 1. The molecule has 1 aromatic heterocycles. The number of fused-ring (bicyclic) bond motifs is 1. The SMILES string of the molecule is Fc1ccc2c(CS)c[nH]c2c1. The minimum atomic E-state index is -0.213. The molecule has 1 N–H and O–H groups in total. The number of aromatic nitrogens is 1. The molecule has 0 saturated heterocycles. The van der Waals surface area contributed by atoms with E-state index in [2.05, 4.69) is 17.6 Å². The molecule has 2 rings (SSSR count). The third kappa shape index (κ3) is 1.10. The predicted octanol–water partition coefficient (Wildman–Crippen LogP) is 2.74. The van der Waals surface area contributed by atoms with E-state index in [1.165, 1.54) is 12.1 Å². The first-order valence-electron chi connectivity index (χ1n) is 3.67. The van der Waals surface area contributed by atoms with Crippen LogP contribution in [-0.4, -0.2) is 4.98 Å². The minimum Gasteiger partial charge on any atom is -0.361 e. The van der Waals surface area contributed by atoms with E-state index in [4.69, 9.17) is 0 Å². The third-order valence-electron chi connectivity index (χ3n) is 1.90.